The van der Waals surface area contributed by atoms with Gasteiger partial charge in [0, 0.05) is 26.2 Å². The summed E-state index contributed by atoms with van der Waals surface area (Å²) in [5.41, 5.74) is 2.52. The number of aromatic nitrogens is 4. The van der Waals surface area contributed by atoms with Crippen molar-refractivity contribution in [3.05, 3.63) is 119 Å². The normalized spacial score (nSPS) is 13.3. The van der Waals surface area contributed by atoms with Crippen LogP contribution in [-0.4, -0.2) is 149 Å². The van der Waals surface area contributed by atoms with Gasteiger partial charge in [-0.3, -0.25) is 0 Å². The second-order valence-corrected chi connectivity index (χ2v) is 25.2. The Morgan fingerprint density at radius 1 is 0.348 bits per heavy atom. The molecule has 92 heavy (non-hydrogen) atoms. The van der Waals surface area contributed by atoms with Crippen LogP contribution in [0.3, 0.4) is 0 Å². The number of carbonyl (C=O) groups is 4. The van der Waals surface area contributed by atoms with Crippen LogP contribution in [0.1, 0.15) is 161 Å². The lowest BCUT2D eigenvalue weighted by molar-refractivity contribution is 0.0485. The lowest BCUT2D eigenvalue weighted by Gasteiger charge is -2.33. The van der Waals surface area contributed by atoms with Gasteiger partial charge in [-0.25, -0.2) is 29.1 Å². The first kappa shape index (κ1) is 69.5. The Bertz CT molecular complexity index is 2880. The second-order valence-electron chi connectivity index (χ2n) is 25.2. The maximum atomic E-state index is 13.7. The molecule has 8 rings (SSSR count). The molecule has 0 unspecified atom stereocenters. The number of fused-ring (bicyclic) bond motifs is 1. The fraction of sp³-hybridized carbons (Fsp3) is 0.528. The van der Waals surface area contributed by atoms with Crippen molar-refractivity contribution in [1.82, 2.24) is 19.9 Å². The predicted octanol–water partition coefficient (Wildman–Crippen LogP) is 13.1. The third-order valence-electron chi connectivity index (χ3n) is 16.0. The lowest BCUT2D eigenvalue weighted by atomic mass is 10.1. The molecule has 2 aromatic heterocycles. The summed E-state index contributed by atoms with van der Waals surface area (Å²) in [6.07, 6.45) is 9.44. The van der Waals surface area contributed by atoms with Crippen molar-refractivity contribution in [1.29, 1.82) is 0 Å². The van der Waals surface area contributed by atoms with Gasteiger partial charge in [-0.2, -0.15) is 9.97 Å². The van der Waals surface area contributed by atoms with Crippen LogP contribution in [-0.2, 0) is 18.9 Å². The van der Waals surface area contributed by atoms with Gasteiger partial charge in [0.25, 0.3) is 0 Å². The molecule has 2 saturated heterocycles. The Kier molecular flexibility index (Phi) is 27.2. The summed E-state index contributed by atoms with van der Waals surface area (Å²) in [4.78, 5) is 84.2. The molecule has 20 nitrogen and oxygen atoms in total. The van der Waals surface area contributed by atoms with Crippen molar-refractivity contribution in [2.75, 3.05) is 125 Å². The Morgan fingerprint density at radius 3 is 0.815 bits per heavy atom. The molecule has 0 aliphatic carbocycles. The fourth-order valence-electron chi connectivity index (χ4n) is 10.2. The molecule has 4 heterocycles. The third-order valence-corrected chi connectivity index (χ3v) is 16.0. The van der Waals surface area contributed by atoms with Crippen molar-refractivity contribution in [2.24, 2.45) is 23.7 Å². The summed E-state index contributed by atoms with van der Waals surface area (Å²) in [7, 11) is 0. The van der Waals surface area contributed by atoms with Gasteiger partial charge in [0.15, 0.2) is 11.6 Å². The van der Waals surface area contributed by atoms with Crippen molar-refractivity contribution in [2.45, 2.75) is 120 Å². The van der Waals surface area contributed by atoms with Gasteiger partial charge in [-0.05, 0) is 185 Å². The minimum Gasteiger partial charge on any atom is -0.494 e. The zero-order valence-electron chi connectivity index (χ0n) is 55.4. The SMILES string of the molecule is CC(C)CCOc1ccc(C(=O)OCCN(CCOC(=O)c2ccc(OCCC(C)C)cc2)c2nc(N3CCCCC3)c3nc(N(CCOC(=O)c4ccc(OCCC(C)C)cc4)CCOC(=O)c4ccc(OCCC(C)C)cc4)nc(N4CCCCC4)c3n2)cc1. The van der Waals surface area contributed by atoms with E-state index >= 15 is 0 Å². The van der Waals surface area contributed by atoms with Gasteiger partial charge >= 0.3 is 23.9 Å². The molecule has 20 heteroatoms. The van der Waals surface area contributed by atoms with Gasteiger partial charge in [0.1, 0.15) is 60.5 Å². The Hall–Kier alpha value is -8.42. The van der Waals surface area contributed by atoms with Crippen LogP contribution < -0.4 is 38.5 Å². The van der Waals surface area contributed by atoms with E-state index in [4.69, 9.17) is 57.8 Å². The van der Waals surface area contributed by atoms with E-state index in [1.54, 1.807) is 97.1 Å². The molecule has 0 N–H and O–H groups in total. The van der Waals surface area contributed by atoms with Crippen LogP contribution in [0.15, 0.2) is 97.1 Å². The van der Waals surface area contributed by atoms with E-state index < -0.39 is 23.9 Å². The molecule has 0 radical (unpaired) electrons. The summed E-state index contributed by atoms with van der Waals surface area (Å²) in [6, 6.07) is 27.7. The highest BCUT2D eigenvalue weighted by Gasteiger charge is 2.29. The molecule has 2 fully saturated rings. The predicted molar refractivity (Wildman–Crippen MR) is 358 cm³/mol. The number of rotatable bonds is 36. The minimum atomic E-state index is -0.508. The van der Waals surface area contributed by atoms with E-state index in [1.807, 2.05) is 9.80 Å². The van der Waals surface area contributed by atoms with E-state index in [9.17, 15) is 19.2 Å². The quantitative estimate of drug-likeness (QED) is 0.0265. The summed E-state index contributed by atoms with van der Waals surface area (Å²) in [5, 5.41) is 0. The average Bonchev–Trinajstić information content (AvgIpc) is 0.770. The van der Waals surface area contributed by atoms with Crippen LogP contribution in [0.2, 0.25) is 0 Å². The average molecular weight is 1270 g/mol. The van der Waals surface area contributed by atoms with Crippen molar-refractivity contribution >= 4 is 58.4 Å². The summed E-state index contributed by atoms with van der Waals surface area (Å²) >= 11 is 0. The lowest BCUT2D eigenvalue weighted by Crippen LogP contribution is -2.37. The molecule has 4 aromatic carbocycles. The number of carbonyl (C=O) groups excluding carboxylic acids is 4. The first-order chi connectivity index (χ1) is 44.6. The van der Waals surface area contributed by atoms with Gasteiger partial charge in [-0.1, -0.05) is 55.4 Å². The first-order valence-electron chi connectivity index (χ1n) is 33.3. The van der Waals surface area contributed by atoms with Crippen LogP contribution in [0.25, 0.3) is 11.0 Å². The van der Waals surface area contributed by atoms with Crippen LogP contribution in [0.5, 0.6) is 23.0 Å². The number of hydrogen-bond acceptors (Lipinski definition) is 20. The second kappa shape index (κ2) is 36.0. The topological polar surface area (TPSA) is 207 Å². The standard InChI is InChI=1S/C72H96N8O12/c1-51(2)31-43-85-59-23-15-55(16-24-59)67(81)89-47-39-79(40-48-90-68(82)56-17-25-60(26-18-56)86-44-32-52(3)4)71-73-63-64(65(75-71)77-35-11-9-12-36-77)74-72(76-66(63)78-37-13-10-14-38-78)80(41-49-91-69(83)57-19-27-61(28-20-57)87-45-33-53(5)6)42-50-92-70(84)58-21-29-62(30-22-58)88-46-34-54(7)8/h15-30,51-54H,9-14,31-50H2,1-8H3. The van der Waals surface area contributed by atoms with E-state index in [2.05, 4.69) is 65.2 Å². The highest BCUT2D eigenvalue weighted by atomic mass is 16.5. The van der Waals surface area contributed by atoms with E-state index in [1.165, 1.54) is 0 Å². The first-order valence-corrected chi connectivity index (χ1v) is 33.3. The Balaban J connectivity index is 1.11. The zero-order valence-corrected chi connectivity index (χ0v) is 55.4. The summed E-state index contributed by atoms with van der Waals surface area (Å²) in [6.45, 7) is 22.6. The van der Waals surface area contributed by atoms with E-state index in [-0.39, 0.29) is 52.6 Å². The minimum absolute atomic E-state index is 0.0486. The van der Waals surface area contributed by atoms with Gasteiger partial charge in [0.2, 0.25) is 11.9 Å². The van der Waals surface area contributed by atoms with Crippen molar-refractivity contribution in [3.63, 3.8) is 0 Å². The number of benzene rings is 4. The van der Waals surface area contributed by atoms with Crippen LogP contribution >= 0.6 is 0 Å². The number of piperidine rings is 2. The summed E-state index contributed by atoms with van der Waals surface area (Å²) in [5.74, 6) is 4.43. The fourth-order valence-corrected chi connectivity index (χ4v) is 10.2. The Labute approximate surface area is 543 Å². The smallest absolute Gasteiger partial charge is 0.338 e. The molecule has 496 valence electrons. The van der Waals surface area contributed by atoms with Gasteiger partial charge < -0.3 is 57.5 Å². The third kappa shape index (κ3) is 21.9. The Morgan fingerprint density at radius 2 is 0.587 bits per heavy atom. The highest BCUT2D eigenvalue weighted by Crippen LogP contribution is 2.35. The van der Waals surface area contributed by atoms with Gasteiger partial charge in [0.05, 0.1) is 74.9 Å². The summed E-state index contributed by atoms with van der Waals surface area (Å²) < 4.78 is 47.4. The number of anilines is 4. The largest absolute Gasteiger partial charge is 0.494 e. The molecule has 2 aliphatic rings. The maximum Gasteiger partial charge on any atom is 0.338 e. The molecule has 0 spiro atoms. The molecular formula is C72H96N8O12. The number of esters is 4. The van der Waals surface area contributed by atoms with Crippen molar-refractivity contribution in [3.8, 4) is 23.0 Å². The number of nitrogens with zero attached hydrogens (tertiary/aromatic N) is 8. The van der Waals surface area contributed by atoms with Gasteiger partial charge in [-0.15, -0.1) is 0 Å². The van der Waals surface area contributed by atoms with Crippen molar-refractivity contribution < 1.29 is 57.1 Å². The zero-order chi connectivity index (χ0) is 65.2. The number of ether oxygens (including phenoxy) is 8. The van der Waals surface area contributed by atoms with Crippen LogP contribution in [0.4, 0.5) is 23.5 Å². The monoisotopic (exact) mass is 1260 g/mol. The molecule has 0 saturated carbocycles. The number of hydrogen-bond donors (Lipinski definition) is 0. The molecular weight excluding hydrogens is 1170 g/mol. The molecule has 0 bridgehead atoms. The molecule has 6 aromatic rings. The molecule has 0 atom stereocenters. The van der Waals surface area contributed by atoms with Crippen LogP contribution in [0, 0.1) is 23.7 Å². The molecule has 2 aliphatic heterocycles. The van der Waals surface area contributed by atoms with E-state index in [0.717, 1.165) is 64.2 Å². The maximum absolute atomic E-state index is 13.7. The highest BCUT2D eigenvalue weighted by molar-refractivity contribution is 5.96. The molecule has 0 amide bonds. The van der Waals surface area contributed by atoms with E-state index in [0.29, 0.717) is 156 Å².